The van der Waals surface area contributed by atoms with E-state index in [1.165, 1.54) is 6.26 Å². The molecule has 4 nitrogen and oxygen atoms in total. The van der Waals surface area contributed by atoms with Gasteiger partial charge in [0.15, 0.2) is 0 Å². The number of aliphatic hydroxyl groups is 1. The van der Waals surface area contributed by atoms with Gasteiger partial charge in [0.25, 0.3) is 6.47 Å². The van der Waals surface area contributed by atoms with E-state index in [1.54, 1.807) is 12.1 Å². The van der Waals surface area contributed by atoms with E-state index in [2.05, 4.69) is 0 Å². The van der Waals surface area contributed by atoms with Gasteiger partial charge in [-0.15, -0.1) is 0 Å². The second kappa shape index (κ2) is 5.84. The quantitative estimate of drug-likeness (QED) is 0.562. The fraction of sp³-hybridized carbons (Fsp3) is 0.167. The van der Waals surface area contributed by atoms with Crippen molar-refractivity contribution in [2.75, 3.05) is 0 Å². The molecule has 1 aromatic heterocycles. The molecule has 0 saturated carbocycles. The lowest BCUT2D eigenvalue weighted by Gasteiger charge is -1.79. The molecule has 0 unspecified atom stereocenters. The number of carbonyl (C=O) groups is 1. The number of carboxylic acid groups (broad SMARTS) is 1. The fourth-order valence-corrected chi connectivity index (χ4v) is 0.403. The summed E-state index contributed by atoms with van der Waals surface area (Å²) in [6.07, 6.45) is 1.53. The van der Waals surface area contributed by atoms with Crippen molar-refractivity contribution in [3.05, 3.63) is 24.2 Å². The molecule has 1 aromatic rings. The highest BCUT2D eigenvalue weighted by Gasteiger charge is 1.85. The van der Waals surface area contributed by atoms with E-state index in [0.29, 0.717) is 5.76 Å². The Balaban J connectivity index is 0.000000236. The summed E-state index contributed by atoms with van der Waals surface area (Å²) in [6, 6.07) is 3.46. The number of hydrogen-bond donors (Lipinski definition) is 2. The van der Waals surface area contributed by atoms with Gasteiger partial charge in [-0.3, -0.25) is 4.79 Å². The van der Waals surface area contributed by atoms with Crippen LogP contribution in [0.5, 0.6) is 0 Å². The maximum absolute atomic E-state index is 8.36. The van der Waals surface area contributed by atoms with Crippen molar-refractivity contribution in [1.29, 1.82) is 0 Å². The van der Waals surface area contributed by atoms with Crippen molar-refractivity contribution in [3.63, 3.8) is 0 Å². The van der Waals surface area contributed by atoms with E-state index in [1.807, 2.05) is 0 Å². The molecule has 1 rings (SSSR count). The molecule has 0 bridgehead atoms. The number of rotatable bonds is 1. The summed E-state index contributed by atoms with van der Waals surface area (Å²) in [5.41, 5.74) is 0. The molecule has 1 heterocycles. The first-order valence-electron chi connectivity index (χ1n) is 2.56. The molecule has 4 heteroatoms. The summed E-state index contributed by atoms with van der Waals surface area (Å²) in [6.45, 7) is -0.257. The van der Waals surface area contributed by atoms with Gasteiger partial charge in [-0.05, 0) is 12.1 Å². The summed E-state index contributed by atoms with van der Waals surface area (Å²) in [7, 11) is 0. The molecule has 56 valence electrons. The Morgan fingerprint density at radius 2 is 2.30 bits per heavy atom. The van der Waals surface area contributed by atoms with E-state index in [0.717, 1.165) is 0 Å². The largest absolute Gasteiger partial charge is 0.483 e. The van der Waals surface area contributed by atoms with Crippen LogP contribution in [0.4, 0.5) is 0 Å². The molecule has 0 amide bonds. The van der Waals surface area contributed by atoms with Crippen LogP contribution in [0.1, 0.15) is 5.76 Å². The Morgan fingerprint density at radius 3 is 2.50 bits per heavy atom. The molecule has 0 fully saturated rings. The molecule has 0 aliphatic heterocycles. The van der Waals surface area contributed by atoms with E-state index in [9.17, 15) is 0 Å². The fourth-order valence-electron chi connectivity index (χ4n) is 0.403. The second-order valence-corrected chi connectivity index (χ2v) is 1.34. The highest BCUT2D eigenvalue weighted by Crippen LogP contribution is 1.96. The lowest BCUT2D eigenvalue weighted by atomic mass is 10.5. The molecular weight excluding hydrogens is 136 g/mol. The van der Waals surface area contributed by atoms with Crippen LogP contribution >= 0.6 is 0 Å². The minimum Gasteiger partial charge on any atom is -0.483 e. The molecule has 2 N–H and O–H groups in total. The molecule has 0 radical (unpaired) electrons. The second-order valence-electron chi connectivity index (χ2n) is 1.34. The van der Waals surface area contributed by atoms with Crippen LogP contribution in [0, 0.1) is 0 Å². The zero-order valence-corrected chi connectivity index (χ0v) is 5.23. The van der Waals surface area contributed by atoms with Crippen LogP contribution in [-0.4, -0.2) is 16.7 Å². The highest BCUT2D eigenvalue weighted by molar-refractivity contribution is 5.32. The lowest BCUT2D eigenvalue weighted by molar-refractivity contribution is -0.122. The van der Waals surface area contributed by atoms with Gasteiger partial charge >= 0.3 is 0 Å². The van der Waals surface area contributed by atoms with Gasteiger partial charge in [0, 0.05) is 0 Å². The van der Waals surface area contributed by atoms with Crippen molar-refractivity contribution in [2.24, 2.45) is 0 Å². The Labute approximate surface area is 57.7 Å². The predicted molar refractivity (Wildman–Crippen MR) is 33.3 cm³/mol. The van der Waals surface area contributed by atoms with Crippen LogP contribution in [0.3, 0.4) is 0 Å². The summed E-state index contributed by atoms with van der Waals surface area (Å²) in [5.74, 6) is 0.611. The molecule has 0 aliphatic rings. The number of furan rings is 1. The van der Waals surface area contributed by atoms with Crippen molar-refractivity contribution in [2.45, 2.75) is 6.61 Å². The zero-order chi connectivity index (χ0) is 7.82. The first-order chi connectivity index (χ1) is 4.85. The normalized spacial score (nSPS) is 7.70. The van der Waals surface area contributed by atoms with Crippen molar-refractivity contribution < 1.29 is 19.4 Å². The molecule has 0 saturated heterocycles. The summed E-state index contributed by atoms with van der Waals surface area (Å²) in [4.78, 5) is 8.36. The number of aliphatic hydroxyl groups excluding tert-OH is 1. The minimum absolute atomic E-state index is 0.00694. The standard InChI is InChI=1S/C5H6O2.CH2O2/c6-4-5-2-1-3-7-5;2-1-3/h1-3,6H,4H2;1H,(H,2,3). The maximum atomic E-state index is 8.36. The van der Waals surface area contributed by atoms with Gasteiger partial charge in [-0.1, -0.05) is 0 Å². The minimum atomic E-state index is -0.250. The van der Waals surface area contributed by atoms with Crippen molar-refractivity contribution in [3.8, 4) is 0 Å². The van der Waals surface area contributed by atoms with Crippen LogP contribution in [0.2, 0.25) is 0 Å². The van der Waals surface area contributed by atoms with E-state index in [4.69, 9.17) is 19.4 Å². The molecule has 0 spiro atoms. The van der Waals surface area contributed by atoms with Gasteiger partial charge in [-0.25, -0.2) is 0 Å². The van der Waals surface area contributed by atoms with Crippen molar-refractivity contribution >= 4 is 6.47 Å². The van der Waals surface area contributed by atoms with Crippen LogP contribution in [0.15, 0.2) is 22.8 Å². The third kappa shape index (κ3) is 3.68. The third-order valence-corrected chi connectivity index (χ3v) is 0.736. The third-order valence-electron chi connectivity index (χ3n) is 0.736. The summed E-state index contributed by atoms with van der Waals surface area (Å²) in [5, 5.41) is 15.2. The van der Waals surface area contributed by atoms with Gasteiger partial charge in [0.2, 0.25) is 0 Å². The zero-order valence-electron chi connectivity index (χ0n) is 5.23. The highest BCUT2D eigenvalue weighted by atomic mass is 16.4. The lowest BCUT2D eigenvalue weighted by Crippen LogP contribution is -1.72. The SMILES string of the molecule is O=CO.OCc1ccco1. The van der Waals surface area contributed by atoms with Crippen LogP contribution < -0.4 is 0 Å². The average Bonchev–Trinajstić information content (AvgIpc) is 2.39. The Kier molecular flexibility index (Phi) is 5.09. The average molecular weight is 144 g/mol. The molecule has 0 atom stereocenters. The van der Waals surface area contributed by atoms with Crippen LogP contribution in [0.25, 0.3) is 0 Å². The van der Waals surface area contributed by atoms with Gasteiger partial charge in [0.05, 0.1) is 6.26 Å². The smallest absolute Gasteiger partial charge is 0.290 e. The van der Waals surface area contributed by atoms with E-state index in [-0.39, 0.29) is 13.1 Å². The van der Waals surface area contributed by atoms with Crippen LogP contribution in [-0.2, 0) is 11.4 Å². The van der Waals surface area contributed by atoms with Gasteiger partial charge in [-0.2, -0.15) is 0 Å². The van der Waals surface area contributed by atoms with Crippen molar-refractivity contribution in [1.82, 2.24) is 0 Å². The first kappa shape index (κ1) is 8.71. The van der Waals surface area contributed by atoms with E-state index >= 15 is 0 Å². The first-order valence-corrected chi connectivity index (χ1v) is 2.56. The van der Waals surface area contributed by atoms with Gasteiger partial charge in [0.1, 0.15) is 12.4 Å². The Bertz CT molecular complexity index is 156. The summed E-state index contributed by atoms with van der Waals surface area (Å²) < 4.78 is 4.73. The molecule has 10 heavy (non-hydrogen) atoms. The number of hydrogen-bond acceptors (Lipinski definition) is 3. The predicted octanol–water partition coefficient (Wildman–Crippen LogP) is 0.473. The van der Waals surface area contributed by atoms with Gasteiger partial charge < -0.3 is 14.6 Å². The monoisotopic (exact) mass is 144 g/mol. The maximum Gasteiger partial charge on any atom is 0.290 e. The molecule has 0 aromatic carbocycles. The Hall–Kier alpha value is -1.29. The summed E-state index contributed by atoms with van der Waals surface area (Å²) >= 11 is 0. The molecular formula is C6H8O4. The topological polar surface area (TPSA) is 70.7 Å². The van der Waals surface area contributed by atoms with E-state index < -0.39 is 0 Å². The molecule has 0 aliphatic carbocycles. The Morgan fingerprint density at radius 1 is 1.70 bits per heavy atom.